The first-order valence-corrected chi connectivity index (χ1v) is 7.79. The van der Waals surface area contributed by atoms with Gasteiger partial charge < -0.3 is 4.74 Å². The molecule has 1 saturated heterocycles. The maximum Gasteiger partial charge on any atom is 0.230 e. The van der Waals surface area contributed by atoms with Crippen LogP contribution in [0.5, 0.6) is 0 Å². The standard InChI is InChI=1S/C13H23NO2S2/c1-8(2)10-7-18-13(17)14(10)12(15)6-11(16-5)9(3)4/h8-11H,6-7H2,1-5H3/t10-,11-/m1/s1. The number of methoxy groups -OCH3 is 1. The topological polar surface area (TPSA) is 29.5 Å². The highest BCUT2D eigenvalue weighted by Gasteiger charge is 2.36. The number of hydrogen-bond donors (Lipinski definition) is 0. The molecule has 18 heavy (non-hydrogen) atoms. The normalized spacial score (nSPS) is 22.1. The Labute approximate surface area is 120 Å². The second kappa shape index (κ2) is 6.87. The van der Waals surface area contributed by atoms with Gasteiger partial charge in [-0.1, -0.05) is 51.7 Å². The Bertz CT molecular complexity index is 318. The number of amides is 1. The Hall–Kier alpha value is -0.130. The molecule has 3 nitrogen and oxygen atoms in total. The minimum absolute atomic E-state index is 0.0290. The molecule has 0 aromatic rings. The van der Waals surface area contributed by atoms with Crippen LogP contribution < -0.4 is 0 Å². The maximum absolute atomic E-state index is 12.4. The lowest BCUT2D eigenvalue weighted by atomic mass is 10.0. The molecule has 0 aromatic heterocycles. The SMILES string of the molecule is CO[C@H](CC(=O)N1C(=S)SC[C@@H]1C(C)C)C(C)C. The van der Waals surface area contributed by atoms with Crippen LogP contribution in [0.25, 0.3) is 0 Å². The highest BCUT2D eigenvalue weighted by atomic mass is 32.2. The van der Waals surface area contributed by atoms with Crippen molar-refractivity contribution < 1.29 is 9.53 Å². The van der Waals surface area contributed by atoms with E-state index in [9.17, 15) is 4.79 Å². The van der Waals surface area contributed by atoms with E-state index in [0.29, 0.717) is 18.3 Å². The Balaban J connectivity index is 2.72. The smallest absolute Gasteiger partial charge is 0.230 e. The van der Waals surface area contributed by atoms with Gasteiger partial charge in [-0.05, 0) is 11.8 Å². The van der Waals surface area contributed by atoms with Gasteiger partial charge in [-0.3, -0.25) is 9.69 Å². The average Bonchev–Trinajstić information content (AvgIpc) is 2.67. The molecule has 0 spiro atoms. The average molecular weight is 289 g/mol. The molecular weight excluding hydrogens is 266 g/mol. The summed E-state index contributed by atoms with van der Waals surface area (Å²) in [6.07, 6.45) is 0.386. The Morgan fingerprint density at radius 2 is 2.11 bits per heavy atom. The van der Waals surface area contributed by atoms with E-state index in [-0.39, 0.29) is 18.1 Å². The van der Waals surface area contributed by atoms with E-state index in [4.69, 9.17) is 17.0 Å². The number of rotatable bonds is 5. The summed E-state index contributed by atoms with van der Waals surface area (Å²) in [4.78, 5) is 14.2. The van der Waals surface area contributed by atoms with Crippen LogP contribution in [0.3, 0.4) is 0 Å². The third-order valence-corrected chi connectivity index (χ3v) is 4.87. The van der Waals surface area contributed by atoms with Gasteiger partial charge >= 0.3 is 0 Å². The second-order valence-corrected chi connectivity index (χ2v) is 7.03. The zero-order valence-corrected chi connectivity index (χ0v) is 13.4. The molecule has 1 rings (SSSR count). The third kappa shape index (κ3) is 3.68. The first kappa shape index (κ1) is 15.9. The number of ether oxygens (including phenoxy) is 1. The highest BCUT2D eigenvalue weighted by Crippen LogP contribution is 2.30. The monoisotopic (exact) mass is 289 g/mol. The number of hydrogen-bond acceptors (Lipinski definition) is 4. The third-order valence-electron chi connectivity index (χ3n) is 3.37. The van der Waals surface area contributed by atoms with Crippen molar-refractivity contribution in [3.63, 3.8) is 0 Å². The van der Waals surface area contributed by atoms with Crippen LogP contribution in [-0.4, -0.2) is 40.1 Å². The molecule has 104 valence electrons. The van der Waals surface area contributed by atoms with Gasteiger partial charge in [0.2, 0.25) is 5.91 Å². The van der Waals surface area contributed by atoms with Crippen molar-refractivity contribution in [2.45, 2.75) is 46.3 Å². The zero-order chi connectivity index (χ0) is 13.9. The molecule has 0 N–H and O–H groups in total. The summed E-state index contributed by atoms with van der Waals surface area (Å²) < 4.78 is 6.10. The molecule has 1 amide bonds. The van der Waals surface area contributed by atoms with Crippen LogP contribution in [0.1, 0.15) is 34.1 Å². The van der Waals surface area contributed by atoms with Crippen LogP contribution in [0.15, 0.2) is 0 Å². The van der Waals surface area contributed by atoms with E-state index in [0.717, 1.165) is 10.1 Å². The fourth-order valence-corrected chi connectivity index (χ4v) is 3.74. The quantitative estimate of drug-likeness (QED) is 0.728. The summed E-state index contributed by atoms with van der Waals surface area (Å²) >= 11 is 6.90. The Kier molecular flexibility index (Phi) is 6.08. The largest absolute Gasteiger partial charge is 0.381 e. The molecule has 0 unspecified atom stereocenters. The van der Waals surface area contributed by atoms with Crippen molar-refractivity contribution in [1.29, 1.82) is 0 Å². The molecule has 1 aliphatic rings. The molecule has 0 saturated carbocycles. The number of carbonyl (C=O) groups excluding carboxylic acids is 1. The summed E-state index contributed by atoms with van der Waals surface area (Å²) in [5.41, 5.74) is 0. The summed E-state index contributed by atoms with van der Waals surface area (Å²) in [6, 6.07) is 0.236. The van der Waals surface area contributed by atoms with Crippen LogP contribution >= 0.6 is 24.0 Å². The maximum atomic E-state index is 12.4. The molecule has 0 aromatic carbocycles. The molecule has 2 atom stereocenters. The Morgan fingerprint density at radius 3 is 2.56 bits per heavy atom. The van der Waals surface area contributed by atoms with E-state index >= 15 is 0 Å². The molecule has 0 bridgehead atoms. The van der Waals surface area contributed by atoms with Crippen LogP contribution in [-0.2, 0) is 9.53 Å². The summed E-state index contributed by atoms with van der Waals surface area (Å²) in [6.45, 7) is 8.40. The van der Waals surface area contributed by atoms with Crippen molar-refractivity contribution in [3.8, 4) is 0 Å². The number of thiocarbonyl (C=S) groups is 1. The van der Waals surface area contributed by atoms with Crippen molar-refractivity contribution >= 4 is 34.2 Å². The first-order chi connectivity index (χ1) is 8.38. The molecule has 0 radical (unpaired) electrons. The molecule has 0 aliphatic carbocycles. The summed E-state index contributed by atoms with van der Waals surface area (Å²) in [7, 11) is 1.66. The van der Waals surface area contributed by atoms with Gasteiger partial charge in [0, 0.05) is 18.9 Å². The molecular formula is C13H23NO2S2. The minimum atomic E-state index is -0.0290. The van der Waals surface area contributed by atoms with Crippen molar-refractivity contribution in [1.82, 2.24) is 4.90 Å². The van der Waals surface area contributed by atoms with E-state index in [1.54, 1.807) is 23.8 Å². The van der Waals surface area contributed by atoms with Gasteiger partial charge in [0.25, 0.3) is 0 Å². The van der Waals surface area contributed by atoms with E-state index in [2.05, 4.69) is 27.7 Å². The van der Waals surface area contributed by atoms with Gasteiger partial charge in [0.05, 0.1) is 12.5 Å². The van der Waals surface area contributed by atoms with Crippen molar-refractivity contribution in [2.24, 2.45) is 11.8 Å². The highest BCUT2D eigenvalue weighted by molar-refractivity contribution is 8.23. The predicted molar refractivity (Wildman–Crippen MR) is 80.8 cm³/mol. The van der Waals surface area contributed by atoms with Crippen LogP contribution in [0.2, 0.25) is 0 Å². The fraction of sp³-hybridized carbons (Fsp3) is 0.846. The van der Waals surface area contributed by atoms with Gasteiger partial charge in [-0.25, -0.2) is 0 Å². The van der Waals surface area contributed by atoms with E-state index < -0.39 is 0 Å². The van der Waals surface area contributed by atoms with Gasteiger partial charge in [0.15, 0.2) is 0 Å². The minimum Gasteiger partial charge on any atom is -0.381 e. The second-order valence-electron chi connectivity index (χ2n) is 5.37. The van der Waals surface area contributed by atoms with Crippen molar-refractivity contribution in [3.05, 3.63) is 0 Å². The van der Waals surface area contributed by atoms with Gasteiger partial charge in [-0.15, -0.1) is 0 Å². The number of nitrogens with zero attached hydrogens (tertiary/aromatic N) is 1. The summed E-state index contributed by atoms with van der Waals surface area (Å²) in [5, 5.41) is 0. The van der Waals surface area contributed by atoms with E-state index in [1.165, 1.54) is 0 Å². The molecule has 1 aliphatic heterocycles. The lowest BCUT2D eigenvalue weighted by molar-refractivity contribution is -0.132. The number of carbonyl (C=O) groups is 1. The van der Waals surface area contributed by atoms with E-state index in [1.807, 2.05) is 0 Å². The predicted octanol–water partition coefficient (Wildman–Crippen LogP) is 2.93. The van der Waals surface area contributed by atoms with Gasteiger partial charge in [-0.2, -0.15) is 0 Å². The Morgan fingerprint density at radius 1 is 1.50 bits per heavy atom. The first-order valence-electron chi connectivity index (χ1n) is 6.40. The zero-order valence-electron chi connectivity index (χ0n) is 11.8. The summed E-state index contributed by atoms with van der Waals surface area (Å²) in [5.74, 6) is 1.79. The molecule has 5 heteroatoms. The van der Waals surface area contributed by atoms with Crippen LogP contribution in [0, 0.1) is 11.8 Å². The lowest BCUT2D eigenvalue weighted by Gasteiger charge is -2.28. The van der Waals surface area contributed by atoms with Crippen molar-refractivity contribution in [2.75, 3.05) is 12.9 Å². The fourth-order valence-electron chi connectivity index (χ4n) is 2.08. The molecule has 1 fully saturated rings. The molecule has 1 heterocycles. The number of thioether (sulfide) groups is 1. The lowest BCUT2D eigenvalue weighted by Crippen LogP contribution is -2.43. The van der Waals surface area contributed by atoms with Crippen LogP contribution in [0.4, 0.5) is 0 Å². The van der Waals surface area contributed by atoms with Gasteiger partial charge in [0.1, 0.15) is 4.32 Å².